The van der Waals surface area contributed by atoms with Crippen LogP contribution >= 0.6 is 0 Å². The highest BCUT2D eigenvalue weighted by Crippen LogP contribution is 2.35. The molecule has 0 saturated carbocycles. The Morgan fingerprint density at radius 3 is 2.65 bits per heavy atom. The van der Waals surface area contributed by atoms with Crippen LogP contribution in [0.25, 0.3) is 28.3 Å². The molecule has 0 unspecified atom stereocenters. The minimum atomic E-state index is -0.232. The Kier molecular flexibility index (Phi) is 5.59. The maximum absolute atomic E-state index is 13.5. The van der Waals surface area contributed by atoms with Crippen LogP contribution in [0.4, 0.5) is 10.2 Å². The van der Waals surface area contributed by atoms with Gasteiger partial charge in [-0.15, -0.1) is 0 Å². The first-order valence-corrected chi connectivity index (χ1v) is 13.3. The molecule has 3 aliphatic heterocycles. The lowest BCUT2D eigenvalue weighted by atomic mass is 10.0. The summed E-state index contributed by atoms with van der Waals surface area (Å²) < 4.78 is 17.8. The Bertz CT molecular complexity index is 1420. The van der Waals surface area contributed by atoms with Crippen molar-refractivity contribution in [2.75, 3.05) is 37.6 Å². The van der Waals surface area contributed by atoms with Gasteiger partial charge in [0.25, 0.3) is 0 Å². The van der Waals surface area contributed by atoms with Gasteiger partial charge >= 0.3 is 0 Å². The molecule has 3 aromatic heterocycles. The molecule has 1 N–H and O–H groups in total. The number of hydrogen-bond acceptors (Lipinski definition) is 5. The third kappa shape index (κ3) is 4.24. The van der Waals surface area contributed by atoms with Crippen LogP contribution in [0, 0.1) is 11.7 Å². The predicted octanol–water partition coefficient (Wildman–Crippen LogP) is 4.19. The molecular weight excluding hydrogens is 467 g/mol. The second-order valence-electron chi connectivity index (χ2n) is 10.6. The molecule has 4 aromatic rings. The first-order valence-electron chi connectivity index (χ1n) is 13.3. The lowest BCUT2D eigenvalue weighted by Crippen LogP contribution is -2.39. The molecule has 6 heterocycles. The molecule has 1 aromatic carbocycles. The van der Waals surface area contributed by atoms with Gasteiger partial charge in [-0.3, -0.25) is 4.57 Å². The van der Waals surface area contributed by atoms with E-state index >= 15 is 0 Å². The number of aliphatic hydroxyl groups excluding tert-OH is 1. The van der Waals surface area contributed by atoms with Gasteiger partial charge in [0.1, 0.15) is 11.6 Å². The van der Waals surface area contributed by atoms with Crippen molar-refractivity contribution in [1.82, 2.24) is 24.0 Å². The van der Waals surface area contributed by atoms with Crippen molar-refractivity contribution in [3.63, 3.8) is 0 Å². The highest BCUT2D eigenvalue weighted by atomic mass is 19.1. The molecule has 3 aliphatic rings. The number of nitrogens with zero attached hydrogens (tertiary/aromatic N) is 6. The fourth-order valence-electron chi connectivity index (χ4n) is 6.13. The molecule has 2 fully saturated rings. The highest BCUT2D eigenvalue weighted by molar-refractivity contribution is 5.71. The topological polar surface area (TPSA) is 62.4 Å². The van der Waals surface area contributed by atoms with Crippen LogP contribution in [0.2, 0.25) is 0 Å². The number of halogens is 1. The summed E-state index contributed by atoms with van der Waals surface area (Å²) in [6.45, 7) is 5.79. The molecule has 37 heavy (non-hydrogen) atoms. The number of benzene rings is 1. The summed E-state index contributed by atoms with van der Waals surface area (Å²) >= 11 is 0. The van der Waals surface area contributed by atoms with Crippen molar-refractivity contribution in [3.8, 4) is 28.3 Å². The van der Waals surface area contributed by atoms with Crippen molar-refractivity contribution < 1.29 is 9.50 Å². The second-order valence-corrected chi connectivity index (χ2v) is 10.6. The van der Waals surface area contributed by atoms with Crippen LogP contribution in [0.1, 0.15) is 25.0 Å². The van der Waals surface area contributed by atoms with Crippen molar-refractivity contribution in [1.29, 1.82) is 0 Å². The largest absolute Gasteiger partial charge is 0.393 e. The molecule has 0 amide bonds. The summed E-state index contributed by atoms with van der Waals surface area (Å²) in [5.74, 6) is 2.32. The summed E-state index contributed by atoms with van der Waals surface area (Å²) in [4.78, 5) is 14.8. The summed E-state index contributed by atoms with van der Waals surface area (Å²) in [7, 11) is 0. The number of pyridine rings is 1. The summed E-state index contributed by atoms with van der Waals surface area (Å²) in [6.07, 6.45) is 8.78. The van der Waals surface area contributed by atoms with Gasteiger partial charge in [-0.25, -0.2) is 14.4 Å². The number of rotatable bonds is 4. The van der Waals surface area contributed by atoms with E-state index in [0.717, 1.165) is 85.4 Å². The molecule has 0 radical (unpaired) electrons. The Morgan fingerprint density at radius 1 is 0.973 bits per heavy atom. The SMILES string of the molecule is OC1CCN(C[C@H]2CCN(c3ccc4c(n3)Cn3cc(-c5ccc(F)cc5)cc3-c3nccn3-4)C2)CC1. The average molecular weight is 499 g/mol. The van der Waals surface area contributed by atoms with Crippen LogP contribution in [0.3, 0.4) is 0 Å². The fourth-order valence-corrected chi connectivity index (χ4v) is 6.13. The molecule has 8 heteroatoms. The van der Waals surface area contributed by atoms with Gasteiger partial charge in [-0.2, -0.15) is 0 Å². The Morgan fingerprint density at radius 2 is 1.81 bits per heavy atom. The monoisotopic (exact) mass is 498 g/mol. The molecule has 7 nitrogen and oxygen atoms in total. The maximum Gasteiger partial charge on any atom is 0.161 e. The predicted molar refractivity (Wildman–Crippen MR) is 141 cm³/mol. The van der Waals surface area contributed by atoms with Crippen LogP contribution in [-0.2, 0) is 6.54 Å². The zero-order chi connectivity index (χ0) is 24.9. The minimum Gasteiger partial charge on any atom is -0.393 e. The van der Waals surface area contributed by atoms with E-state index in [-0.39, 0.29) is 11.9 Å². The molecule has 7 rings (SSSR count). The van der Waals surface area contributed by atoms with E-state index in [1.54, 1.807) is 0 Å². The number of aliphatic hydroxyl groups is 1. The van der Waals surface area contributed by atoms with Gasteiger partial charge in [-0.1, -0.05) is 12.1 Å². The van der Waals surface area contributed by atoms with Crippen LogP contribution in [0.5, 0.6) is 0 Å². The quantitative estimate of drug-likeness (QED) is 0.403. The molecule has 0 spiro atoms. The molecule has 1 atom stereocenters. The third-order valence-electron chi connectivity index (χ3n) is 8.14. The van der Waals surface area contributed by atoms with E-state index in [9.17, 15) is 9.50 Å². The Balaban J connectivity index is 1.15. The first kappa shape index (κ1) is 22.7. The number of anilines is 1. The molecule has 0 aliphatic carbocycles. The van der Waals surface area contributed by atoms with Crippen LogP contribution < -0.4 is 4.90 Å². The zero-order valence-corrected chi connectivity index (χ0v) is 20.8. The van der Waals surface area contributed by atoms with Crippen LogP contribution in [-0.4, -0.2) is 67.9 Å². The lowest BCUT2D eigenvalue weighted by Gasteiger charge is -2.31. The molecule has 0 bridgehead atoms. The minimum absolute atomic E-state index is 0.122. The van der Waals surface area contributed by atoms with Crippen LogP contribution in [0.15, 0.2) is 61.1 Å². The zero-order valence-electron chi connectivity index (χ0n) is 20.8. The van der Waals surface area contributed by atoms with E-state index in [1.807, 2.05) is 24.5 Å². The standard InChI is InChI=1S/C29H31FN6O/c30-23-3-1-21(2-4-23)22-15-27-29-31-10-14-36(29)26-5-6-28(32-25(26)19-35(27)18-22)34-13-7-20(17-34)16-33-11-8-24(37)9-12-33/h1-6,10,14-15,18,20,24,37H,7-9,11-13,16-17,19H2/t20-/m1/s1. The maximum atomic E-state index is 13.5. The Labute approximate surface area is 215 Å². The lowest BCUT2D eigenvalue weighted by molar-refractivity contribution is 0.0762. The van der Waals surface area contributed by atoms with E-state index in [0.29, 0.717) is 12.5 Å². The molecular formula is C29H31FN6O. The normalized spacial score (nSPS) is 19.9. The number of piperidine rings is 1. The van der Waals surface area contributed by atoms with Gasteiger partial charge < -0.3 is 19.5 Å². The van der Waals surface area contributed by atoms with Crippen molar-refractivity contribution in [2.24, 2.45) is 5.92 Å². The molecule has 190 valence electrons. The summed E-state index contributed by atoms with van der Waals surface area (Å²) in [6, 6.07) is 13.1. The number of hydrogen-bond donors (Lipinski definition) is 1. The van der Waals surface area contributed by atoms with Gasteiger partial charge in [0.2, 0.25) is 0 Å². The average Bonchev–Trinajstić information content (AvgIpc) is 3.65. The van der Waals surface area contributed by atoms with Crippen molar-refractivity contribution >= 4 is 5.82 Å². The first-order chi connectivity index (χ1) is 18.1. The number of imidazole rings is 1. The third-order valence-corrected chi connectivity index (χ3v) is 8.14. The van der Waals surface area contributed by atoms with E-state index in [1.165, 1.54) is 18.6 Å². The van der Waals surface area contributed by atoms with Gasteiger partial charge in [-0.05, 0) is 61.1 Å². The van der Waals surface area contributed by atoms with Crippen molar-refractivity contribution in [2.45, 2.75) is 31.9 Å². The van der Waals surface area contributed by atoms with Gasteiger partial charge in [0.05, 0.1) is 29.7 Å². The number of fused-ring (bicyclic) bond motifs is 5. The Hall–Kier alpha value is -3.49. The highest BCUT2D eigenvalue weighted by Gasteiger charge is 2.28. The van der Waals surface area contributed by atoms with E-state index < -0.39 is 0 Å². The van der Waals surface area contributed by atoms with Crippen molar-refractivity contribution in [3.05, 3.63) is 72.6 Å². The number of aromatic nitrogens is 4. The number of likely N-dealkylation sites (tertiary alicyclic amines) is 1. The summed E-state index contributed by atoms with van der Waals surface area (Å²) in [5, 5.41) is 9.81. The van der Waals surface area contributed by atoms with Gasteiger partial charge in [0, 0.05) is 56.9 Å². The van der Waals surface area contributed by atoms with E-state index in [4.69, 9.17) is 4.98 Å². The summed E-state index contributed by atoms with van der Waals surface area (Å²) in [5.41, 5.74) is 5.12. The van der Waals surface area contributed by atoms with E-state index in [2.05, 4.69) is 48.3 Å². The second kappa shape index (κ2) is 9.11. The van der Waals surface area contributed by atoms with Gasteiger partial charge in [0.15, 0.2) is 5.82 Å². The smallest absolute Gasteiger partial charge is 0.161 e. The fraction of sp³-hybridized carbons (Fsp3) is 0.379. The molecule has 2 saturated heterocycles.